The maximum Gasteiger partial charge on any atom is 0.416 e. The number of piperidine rings is 1. The zero-order valence-electron chi connectivity index (χ0n) is 17.7. The number of rotatable bonds is 4. The van der Waals surface area contributed by atoms with E-state index in [1.165, 1.54) is 6.07 Å². The molecule has 0 bridgehead atoms. The molecular formula is C22H27F3N6. The molecule has 1 atom stereocenters. The van der Waals surface area contributed by atoms with Crippen molar-refractivity contribution in [2.75, 3.05) is 31.1 Å². The Morgan fingerprint density at radius 2 is 2.19 bits per heavy atom. The monoisotopic (exact) mass is 432 g/mol. The zero-order valence-corrected chi connectivity index (χ0v) is 17.7. The van der Waals surface area contributed by atoms with Gasteiger partial charge < -0.3 is 15.5 Å². The van der Waals surface area contributed by atoms with Gasteiger partial charge in [-0.25, -0.2) is 4.99 Å². The lowest BCUT2D eigenvalue weighted by Crippen LogP contribution is -2.51. The Balaban J connectivity index is 1.60. The molecule has 1 aromatic heterocycles. The number of nitrogens with zero attached hydrogens (tertiary/aromatic N) is 4. The average Bonchev–Trinajstić information content (AvgIpc) is 3.17. The fourth-order valence-electron chi connectivity index (χ4n) is 3.45. The van der Waals surface area contributed by atoms with Gasteiger partial charge in [0.25, 0.3) is 0 Å². The van der Waals surface area contributed by atoms with E-state index in [-0.39, 0.29) is 12.6 Å². The molecule has 0 amide bonds. The van der Waals surface area contributed by atoms with E-state index >= 15 is 0 Å². The molecule has 9 heteroatoms. The predicted octanol–water partition coefficient (Wildman–Crippen LogP) is 3.01. The van der Waals surface area contributed by atoms with Gasteiger partial charge in [-0.15, -0.1) is 0 Å². The maximum absolute atomic E-state index is 12.8. The molecule has 31 heavy (non-hydrogen) atoms. The number of anilines is 1. The van der Waals surface area contributed by atoms with Crippen molar-refractivity contribution in [1.82, 2.24) is 20.4 Å². The third-order valence-corrected chi connectivity index (χ3v) is 4.90. The van der Waals surface area contributed by atoms with Gasteiger partial charge in [0.1, 0.15) is 6.54 Å². The molecule has 1 aliphatic rings. The van der Waals surface area contributed by atoms with Crippen molar-refractivity contribution in [1.29, 1.82) is 0 Å². The second kappa shape index (κ2) is 10.2. The maximum atomic E-state index is 12.8. The third kappa shape index (κ3) is 6.67. The minimum absolute atomic E-state index is 0.185. The molecule has 1 fully saturated rings. The summed E-state index contributed by atoms with van der Waals surface area (Å²) in [6.07, 6.45) is 1.58. The van der Waals surface area contributed by atoms with Crippen molar-refractivity contribution in [2.24, 2.45) is 12.0 Å². The minimum Gasteiger partial charge on any atom is -0.367 e. The highest BCUT2D eigenvalue weighted by molar-refractivity contribution is 5.80. The Morgan fingerprint density at radius 3 is 2.90 bits per heavy atom. The van der Waals surface area contributed by atoms with Crippen LogP contribution in [0.1, 0.15) is 30.9 Å². The van der Waals surface area contributed by atoms with E-state index in [9.17, 15) is 13.2 Å². The second-order valence-corrected chi connectivity index (χ2v) is 7.38. The summed E-state index contributed by atoms with van der Waals surface area (Å²) in [6.45, 7) is 4.69. The van der Waals surface area contributed by atoms with Gasteiger partial charge in [0.15, 0.2) is 5.96 Å². The summed E-state index contributed by atoms with van der Waals surface area (Å²) in [4.78, 5) is 6.76. The SMILES string of the molecule is CCNC(=NCC#Cc1cccc(C(F)(F)F)c1)NC1CCCN(c2cnn(C)c2)C1. The lowest BCUT2D eigenvalue weighted by atomic mass is 10.1. The van der Waals surface area contributed by atoms with Gasteiger partial charge in [0.05, 0.1) is 17.4 Å². The first-order chi connectivity index (χ1) is 14.8. The van der Waals surface area contributed by atoms with Crippen molar-refractivity contribution < 1.29 is 13.2 Å². The molecule has 1 aliphatic heterocycles. The Morgan fingerprint density at radius 1 is 1.35 bits per heavy atom. The number of benzene rings is 1. The number of hydrogen-bond donors (Lipinski definition) is 2. The molecule has 0 saturated carbocycles. The van der Waals surface area contributed by atoms with Gasteiger partial charge in [-0.3, -0.25) is 4.68 Å². The smallest absolute Gasteiger partial charge is 0.367 e. The fraction of sp³-hybridized carbons (Fsp3) is 0.455. The first-order valence-electron chi connectivity index (χ1n) is 10.3. The molecule has 3 rings (SSSR count). The lowest BCUT2D eigenvalue weighted by molar-refractivity contribution is -0.137. The fourth-order valence-corrected chi connectivity index (χ4v) is 3.45. The van der Waals surface area contributed by atoms with Crippen molar-refractivity contribution in [3.8, 4) is 11.8 Å². The third-order valence-electron chi connectivity index (χ3n) is 4.90. The summed E-state index contributed by atoms with van der Waals surface area (Å²) < 4.78 is 40.2. The van der Waals surface area contributed by atoms with Gasteiger partial charge in [-0.1, -0.05) is 17.9 Å². The van der Waals surface area contributed by atoms with Crippen LogP contribution in [0, 0.1) is 11.8 Å². The number of aryl methyl sites for hydroxylation is 1. The topological polar surface area (TPSA) is 57.5 Å². The van der Waals surface area contributed by atoms with Crippen LogP contribution >= 0.6 is 0 Å². The number of hydrogen-bond acceptors (Lipinski definition) is 3. The van der Waals surface area contributed by atoms with Crippen molar-refractivity contribution in [3.05, 3.63) is 47.8 Å². The number of guanidine groups is 1. The van der Waals surface area contributed by atoms with Crippen LogP contribution in [-0.2, 0) is 13.2 Å². The molecule has 1 saturated heterocycles. The van der Waals surface area contributed by atoms with Crippen molar-refractivity contribution in [2.45, 2.75) is 32.0 Å². The van der Waals surface area contributed by atoms with E-state index in [4.69, 9.17) is 0 Å². The molecule has 1 aromatic carbocycles. The number of aliphatic imine (C=N–C) groups is 1. The standard InChI is InChI=1S/C22H27F3N6/c1-3-26-21(27-11-5-8-17-7-4-9-18(13-17)22(23,24)25)29-19-10-6-12-31(15-19)20-14-28-30(2)16-20/h4,7,9,13-14,16,19H,3,6,10-12,15H2,1-2H3,(H2,26,27,29). The molecule has 6 nitrogen and oxygen atoms in total. The van der Waals surface area contributed by atoms with Crippen LogP contribution < -0.4 is 15.5 Å². The molecule has 0 aliphatic carbocycles. The van der Waals surface area contributed by atoms with Gasteiger partial charge in [-0.2, -0.15) is 18.3 Å². The summed E-state index contributed by atoms with van der Waals surface area (Å²) in [5, 5.41) is 10.9. The van der Waals surface area contributed by atoms with Crippen LogP contribution in [0.15, 0.2) is 41.7 Å². The van der Waals surface area contributed by atoms with Crippen molar-refractivity contribution >= 4 is 11.6 Å². The van der Waals surface area contributed by atoms with Crippen LogP contribution in [0.2, 0.25) is 0 Å². The second-order valence-electron chi connectivity index (χ2n) is 7.38. The molecule has 2 aromatic rings. The molecule has 1 unspecified atom stereocenters. The molecule has 0 radical (unpaired) electrons. The van der Waals surface area contributed by atoms with E-state index < -0.39 is 11.7 Å². The van der Waals surface area contributed by atoms with E-state index in [0.717, 1.165) is 43.8 Å². The number of halogens is 3. The van der Waals surface area contributed by atoms with E-state index in [1.807, 2.05) is 26.4 Å². The quantitative estimate of drug-likeness (QED) is 0.443. The average molecular weight is 432 g/mol. The molecule has 166 valence electrons. The molecule has 2 heterocycles. The van der Waals surface area contributed by atoms with E-state index in [1.54, 1.807) is 10.7 Å². The number of alkyl halides is 3. The van der Waals surface area contributed by atoms with E-state index in [2.05, 4.69) is 37.5 Å². The van der Waals surface area contributed by atoms with Gasteiger partial charge >= 0.3 is 6.18 Å². The summed E-state index contributed by atoms with van der Waals surface area (Å²) >= 11 is 0. The summed E-state index contributed by atoms with van der Waals surface area (Å²) in [6, 6.07) is 5.23. The highest BCUT2D eigenvalue weighted by Gasteiger charge is 2.30. The highest BCUT2D eigenvalue weighted by Crippen LogP contribution is 2.29. The Kier molecular flexibility index (Phi) is 7.45. The van der Waals surface area contributed by atoms with Gasteiger partial charge in [0, 0.05) is 44.5 Å². The number of nitrogens with one attached hydrogen (secondary N) is 2. The minimum atomic E-state index is -4.37. The first-order valence-corrected chi connectivity index (χ1v) is 10.3. The lowest BCUT2D eigenvalue weighted by Gasteiger charge is -2.34. The Labute approximate surface area is 180 Å². The summed E-state index contributed by atoms with van der Waals surface area (Å²) in [7, 11) is 1.90. The van der Waals surface area contributed by atoms with Gasteiger partial charge in [-0.05, 0) is 38.0 Å². The summed E-state index contributed by atoms with van der Waals surface area (Å²) in [5.41, 5.74) is 0.721. The molecular weight excluding hydrogens is 405 g/mol. The highest BCUT2D eigenvalue weighted by atomic mass is 19.4. The molecule has 0 spiro atoms. The van der Waals surface area contributed by atoms with Crippen LogP contribution in [0.4, 0.5) is 18.9 Å². The van der Waals surface area contributed by atoms with Crippen LogP contribution in [-0.4, -0.2) is 48.0 Å². The van der Waals surface area contributed by atoms with Crippen LogP contribution in [0.5, 0.6) is 0 Å². The van der Waals surface area contributed by atoms with Gasteiger partial charge in [0.2, 0.25) is 0 Å². The normalized spacial score (nSPS) is 17.1. The predicted molar refractivity (Wildman–Crippen MR) is 116 cm³/mol. The first kappa shape index (κ1) is 22.5. The Hall–Kier alpha value is -3.15. The Bertz CT molecular complexity index is 954. The zero-order chi connectivity index (χ0) is 22.3. The largest absolute Gasteiger partial charge is 0.416 e. The summed E-state index contributed by atoms with van der Waals surface area (Å²) in [5.74, 6) is 6.25. The van der Waals surface area contributed by atoms with E-state index in [0.29, 0.717) is 18.1 Å². The molecule has 2 N–H and O–H groups in total. The van der Waals surface area contributed by atoms with Crippen LogP contribution in [0.3, 0.4) is 0 Å². The van der Waals surface area contributed by atoms with Crippen LogP contribution in [0.25, 0.3) is 0 Å². The number of aromatic nitrogens is 2. The van der Waals surface area contributed by atoms with Crippen molar-refractivity contribution in [3.63, 3.8) is 0 Å².